The minimum Gasteiger partial charge on any atom is -0.402 e. The van der Waals surface area contributed by atoms with Crippen LogP contribution < -0.4 is 20.3 Å². The molecule has 2 N–H and O–H groups in total. The topological polar surface area (TPSA) is 98.9 Å². The number of morpholine rings is 1. The molecule has 34 heavy (non-hydrogen) atoms. The molecule has 0 amide bonds. The fourth-order valence-electron chi connectivity index (χ4n) is 5.33. The standard InChI is InChI=1S/C22H25F3N6O3/c23-22(24,25)34-17-5-13(7-27-20(17)26)16-6-19(31-9-15-2-1-14(31)11-33-15)29-21(28-16)30-8-12-3-4-32-18(12)10-30/h5-7,12,14-15,18H,1-4,8-11H2,(H2,26,27)/t12?,14-,15-,18?/m0/s1. The number of aromatic nitrogens is 3. The Morgan fingerprint density at radius 1 is 1.06 bits per heavy atom. The number of rotatable bonds is 4. The van der Waals surface area contributed by atoms with E-state index in [1.165, 1.54) is 12.3 Å². The fourth-order valence-corrected chi connectivity index (χ4v) is 5.33. The van der Waals surface area contributed by atoms with Crippen LogP contribution in [0.1, 0.15) is 19.3 Å². The number of fused-ring (bicyclic) bond motifs is 4. The van der Waals surface area contributed by atoms with Crippen molar-refractivity contribution in [2.75, 3.05) is 48.4 Å². The van der Waals surface area contributed by atoms with Crippen molar-refractivity contribution in [3.63, 3.8) is 0 Å². The van der Waals surface area contributed by atoms with Crippen LogP contribution in [0.5, 0.6) is 5.75 Å². The van der Waals surface area contributed by atoms with E-state index in [4.69, 9.17) is 25.2 Å². The molecule has 2 unspecified atom stereocenters. The molecule has 7 heterocycles. The van der Waals surface area contributed by atoms with E-state index in [1.807, 2.05) is 0 Å². The van der Waals surface area contributed by atoms with Crippen molar-refractivity contribution in [1.29, 1.82) is 0 Å². The minimum atomic E-state index is -4.88. The number of halogens is 3. The lowest BCUT2D eigenvalue weighted by Crippen LogP contribution is -2.55. The van der Waals surface area contributed by atoms with Crippen molar-refractivity contribution in [3.8, 4) is 17.0 Å². The van der Waals surface area contributed by atoms with Crippen LogP contribution in [0.4, 0.5) is 30.8 Å². The Morgan fingerprint density at radius 2 is 1.94 bits per heavy atom. The first-order valence-corrected chi connectivity index (χ1v) is 11.5. The highest BCUT2D eigenvalue weighted by atomic mass is 19.4. The van der Waals surface area contributed by atoms with Gasteiger partial charge in [0.05, 0.1) is 30.6 Å². The van der Waals surface area contributed by atoms with Gasteiger partial charge in [0.1, 0.15) is 5.82 Å². The van der Waals surface area contributed by atoms with Crippen molar-refractivity contribution < 1.29 is 27.4 Å². The van der Waals surface area contributed by atoms with E-state index in [9.17, 15) is 13.2 Å². The van der Waals surface area contributed by atoms with Gasteiger partial charge < -0.3 is 29.7 Å². The molecule has 2 aromatic heterocycles. The predicted octanol–water partition coefficient (Wildman–Crippen LogP) is 2.61. The van der Waals surface area contributed by atoms with Crippen LogP contribution in [0.2, 0.25) is 0 Å². The van der Waals surface area contributed by atoms with Crippen molar-refractivity contribution in [2.24, 2.45) is 5.92 Å². The normalized spacial score (nSPS) is 28.4. The summed E-state index contributed by atoms with van der Waals surface area (Å²) in [6.07, 6.45) is -0.150. The van der Waals surface area contributed by atoms with Gasteiger partial charge >= 0.3 is 6.36 Å². The molecule has 4 atom stereocenters. The smallest absolute Gasteiger partial charge is 0.402 e. The molecule has 0 aliphatic carbocycles. The van der Waals surface area contributed by atoms with Crippen LogP contribution in [-0.2, 0) is 9.47 Å². The molecule has 5 fully saturated rings. The number of hydrogen-bond donors (Lipinski definition) is 1. The van der Waals surface area contributed by atoms with Crippen LogP contribution in [0.25, 0.3) is 11.3 Å². The third-order valence-corrected chi connectivity index (χ3v) is 7.07. The van der Waals surface area contributed by atoms with Gasteiger partial charge in [-0.3, -0.25) is 0 Å². The third-order valence-electron chi connectivity index (χ3n) is 7.07. The Balaban J connectivity index is 1.39. The van der Waals surface area contributed by atoms with Crippen molar-refractivity contribution >= 4 is 17.6 Å². The molecular formula is C22H25F3N6O3. The second-order valence-electron chi connectivity index (χ2n) is 9.27. The number of hydrogen-bond acceptors (Lipinski definition) is 9. The Hall–Kier alpha value is -2.86. The maximum Gasteiger partial charge on any atom is 0.573 e. The summed E-state index contributed by atoms with van der Waals surface area (Å²) in [5, 5.41) is 0. The number of ether oxygens (including phenoxy) is 3. The van der Waals surface area contributed by atoms with E-state index in [0.717, 1.165) is 44.8 Å². The molecule has 5 aliphatic rings. The lowest BCUT2D eigenvalue weighted by atomic mass is 9.97. The quantitative estimate of drug-likeness (QED) is 0.711. The van der Waals surface area contributed by atoms with Gasteiger partial charge in [-0.05, 0) is 25.3 Å². The van der Waals surface area contributed by atoms with Gasteiger partial charge in [-0.1, -0.05) is 0 Å². The zero-order valence-corrected chi connectivity index (χ0v) is 18.4. The van der Waals surface area contributed by atoms with E-state index >= 15 is 0 Å². The largest absolute Gasteiger partial charge is 0.573 e. The van der Waals surface area contributed by atoms with Crippen molar-refractivity contribution in [1.82, 2.24) is 15.0 Å². The molecular weight excluding hydrogens is 453 g/mol. The Kier molecular flexibility index (Phi) is 5.17. The van der Waals surface area contributed by atoms with Crippen molar-refractivity contribution in [2.45, 2.75) is 43.9 Å². The first kappa shape index (κ1) is 21.7. The zero-order valence-electron chi connectivity index (χ0n) is 18.4. The lowest BCUT2D eigenvalue weighted by molar-refractivity contribution is -0.274. The molecule has 9 nitrogen and oxygen atoms in total. The third kappa shape index (κ3) is 4.09. The number of alkyl halides is 3. The first-order chi connectivity index (χ1) is 16.3. The molecule has 2 aromatic rings. The minimum absolute atomic E-state index is 0.149. The number of anilines is 3. The molecule has 5 saturated heterocycles. The Labute approximate surface area is 194 Å². The Morgan fingerprint density at radius 3 is 2.65 bits per heavy atom. The number of piperidine rings is 1. The highest BCUT2D eigenvalue weighted by Crippen LogP contribution is 2.37. The van der Waals surface area contributed by atoms with Gasteiger partial charge in [0, 0.05) is 50.0 Å². The van der Waals surface area contributed by atoms with E-state index in [0.29, 0.717) is 36.3 Å². The summed E-state index contributed by atoms with van der Waals surface area (Å²) in [6.45, 7) is 3.59. The summed E-state index contributed by atoms with van der Waals surface area (Å²) in [5.41, 5.74) is 6.46. The monoisotopic (exact) mass is 478 g/mol. The summed E-state index contributed by atoms with van der Waals surface area (Å²) in [4.78, 5) is 17.8. The molecule has 5 aliphatic heterocycles. The second-order valence-corrected chi connectivity index (χ2v) is 9.27. The van der Waals surface area contributed by atoms with Gasteiger partial charge in [-0.25, -0.2) is 9.97 Å². The zero-order chi connectivity index (χ0) is 23.4. The van der Waals surface area contributed by atoms with Gasteiger partial charge in [-0.2, -0.15) is 4.98 Å². The van der Waals surface area contributed by atoms with Crippen molar-refractivity contribution in [3.05, 3.63) is 18.3 Å². The molecule has 182 valence electrons. The predicted molar refractivity (Wildman–Crippen MR) is 117 cm³/mol. The molecule has 0 saturated carbocycles. The van der Waals surface area contributed by atoms with E-state index in [2.05, 4.69) is 19.5 Å². The highest BCUT2D eigenvalue weighted by Gasteiger charge is 2.40. The average molecular weight is 478 g/mol. The number of pyridine rings is 1. The van der Waals surface area contributed by atoms with Crippen LogP contribution >= 0.6 is 0 Å². The van der Waals surface area contributed by atoms with Gasteiger partial charge in [0.25, 0.3) is 0 Å². The highest BCUT2D eigenvalue weighted by molar-refractivity contribution is 5.68. The van der Waals surface area contributed by atoms with Crippen LogP contribution in [0.15, 0.2) is 18.3 Å². The SMILES string of the molecule is Nc1ncc(-c2cc(N3C[C@@H]4CC[C@H]3CO4)nc(N3CC4CCOC4C3)n2)cc1OC(F)(F)F. The van der Waals surface area contributed by atoms with E-state index < -0.39 is 12.1 Å². The number of nitrogen functional groups attached to an aromatic ring is 1. The van der Waals surface area contributed by atoms with Crippen LogP contribution in [-0.4, -0.2) is 72.4 Å². The number of nitrogens with zero attached hydrogens (tertiary/aromatic N) is 5. The molecule has 2 bridgehead atoms. The Bertz CT molecular complexity index is 1070. The van der Waals surface area contributed by atoms with Gasteiger partial charge in [0.2, 0.25) is 5.95 Å². The summed E-state index contributed by atoms with van der Waals surface area (Å²) >= 11 is 0. The first-order valence-electron chi connectivity index (χ1n) is 11.5. The van der Waals surface area contributed by atoms with Crippen LogP contribution in [0, 0.1) is 5.92 Å². The van der Waals surface area contributed by atoms with Gasteiger partial charge in [-0.15, -0.1) is 13.2 Å². The fraction of sp³-hybridized carbons (Fsp3) is 0.591. The molecule has 0 radical (unpaired) electrons. The summed E-state index contributed by atoms with van der Waals surface area (Å²) < 4.78 is 54.3. The number of nitrogens with two attached hydrogens (primary N) is 1. The summed E-state index contributed by atoms with van der Waals surface area (Å²) in [6, 6.07) is 3.22. The molecule has 0 aromatic carbocycles. The maximum atomic E-state index is 12.9. The lowest BCUT2D eigenvalue weighted by Gasteiger charge is -2.45. The van der Waals surface area contributed by atoms with E-state index in [1.54, 1.807) is 6.07 Å². The van der Waals surface area contributed by atoms with Gasteiger partial charge in [0.15, 0.2) is 11.6 Å². The summed E-state index contributed by atoms with van der Waals surface area (Å²) in [7, 11) is 0. The molecule has 7 rings (SSSR count). The summed E-state index contributed by atoms with van der Waals surface area (Å²) in [5.74, 6) is 0.793. The molecule has 12 heteroatoms. The van der Waals surface area contributed by atoms with E-state index in [-0.39, 0.29) is 24.1 Å². The second kappa shape index (κ2) is 8.12. The maximum absolute atomic E-state index is 12.9. The van der Waals surface area contributed by atoms with Crippen LogP contribution in [0.3, 0.4) is 0 Å². The average Bonchev–Trinajstić information content (AvgIpc) is 3.43. The molecule has 0 spiro atoms.